The van der Waals surface area contributed by atoms with Crippen LogP contribution >= 0.6 is 39.0 Å². The summed E-state index contributed by atoms with van der Waals surface area (Å²) in [6.07, 6.45) is 5.18. The van der Waals surface area contributed by atoms with E-state index in [0.717, 1.165) is 26.3 Å². The lowest BCUT2D eigenvalue weighted by Crippen LogP contribution is -1.88. The van der Waals surface area contributed by atoms with E-state index >= 15 is 0 Å². The molecule has 0 aliphatic heterocycles. The first-order valence-electron chi connectivity index (χ1n) is 8.24. The monoisotopic (exact) mass is 444 g/mol. The summed E-state index contributed by atoms with van der Waals surface area (Å²) < 4.78 is 6.84. The zero-order valence-electron chi connectivity index (χ0n) is 13.6. The molecule has 26 heavy (non-hydrogen) atoms. The molecule has 5 rings (SSSR count). The quantitative estimate of drug-likeness (QED) is 0.314. The molecule has 8 heteroatoms. The van der Waals surface area contributed by atoms with Crippen LogP contribution in [0.5, 0.6) is 0 Å². The largest absolute Gasteiger partial charge is 0.420 e. The molecule has 3 aromatic heterocycles. The van der Waals surface area contributed by atoms with Crippen molar-refractivity contribution in [2.75, 3.05) is 0 Å². The van der Waals surface area contributed by atoms with Crippen LogP contribution < -0.4 is 0 Å². The summed E-state index contributed by atoms with van der Waals surface area (Å²) in [5.74, 6) is 1.74. The van der Waals surface area contributed by atoms with Crippen LogP contribution in [0.25, 0.3) is 21.7 Å². The molecule has 1 aliphatic rings. The van der Waals surface area contributed by atoms with Crippen molar-refractivity contribution in [3.05, 3.63) is 51.4 Å². The molecular weight excluding hydrogens is 432 g/mol. The van der Waals surface area contributed by atoms with Gasteiger partial charge in [-0.3, -0.25) is 0 Å². The maximum absolute atomic E-state index is 5.82. The minimum atomic E-state index is 0.539. The Morgan fingerprint density at radius 1 is 1.12 bits per heavy atom. The first-order chi connectivity index (χ1) is 12.8. The maximum Gasteiger partial charge on any atom is 0.247 e. The van der Waals surface area contributed by atoms with Gasteiger partial charge in [-0.15, -0.1) is 21.5 Å². The van der Waals surface area contributed by atoms with Crippen molar-refractivity contribution in [1.82, 2.24) is 20.2 Å². The van der Waals surface area contributed by atoms with E-state index in [4.69, 9.17) is 4.42 Å². The van der Waals surface area contributed by atoms with Crippen molar-refractivity contribution >= 4 is 49.2 Å². The molecule has 0 unspecified atom stereocenters. The summed E-state index contributed by atoms with van der Waals surface area (Å²) in [6, 6.07) is 7.83. The molecule has 0 atom stereocenters. The first-order valence-corrected chi connectivity index (χ1v) is 10.8. The van der Waals surface area contributed by atoms with Crippen molar-refractivity contribution in [3.8, 4) is 11.5 Å². The standard InChI is InChI=1S/C18H13BrN4OS2/c19-11-6-4-10(5-7-11)16-23-22-14(24-16)8-25-17-15-12-2-1-3-13(12)26-18(15)21-9-20-17/h4-7,9H,1-3,8H2. The second-order valence-corrected chi connectivity index (χ2v) is 8.98. The zero-order chi connectivity index (χ0) is 17.5. The Kier molecular flexibility index (Phi) is 4.26. The van der Waals surface area contributed by atoms with E-state index in [1.54, 1.807) is 29.4 Å². The highest BCUT2D eigenvalue weighted by atomic mass is 79.9. The Morgan fingerprint density at radius 2 is 2.00 bits per heavy atom. The van der Waals surface area contributed by atoms with Crippen molar-refractivity contribution < 1.29 is 4.42 Å². The molecule has 130 valence electrons. The van der Waals surface area contributed by atoms with E-state index in [9.17, 15) is 0 Å². The van der Waals surface area contributed by atoms with E-state index < -0.39 is 0 Å². The van der Waals surface area contributed by atoms with E-state index in [1.165, 1.54) is 28.7 Å². The maximum atomic E-state index is 5.82. The third-order valence-corrected chi connectivity index (χ3v) is 7.06. The smallest absolute Gasteiger partial charge is 0.247 e. The summed E-state index contributed by atoms with van der Waals surface area (Å²) in [6.45, 7) is 0. The molecule has 5 nitrogen and oxygen atoms in total. The first kappa shape index (κ1) is 16.4. The summed E-state index contributed by atoms with van der Waals surface area (Å²) in [4.78, 5) is 11.5. The SMILES string of the molecule is Brc1ccc(-c2nnc(CSc3ncnc4sc5c(c34)CCC5)o2)cc1. The third-order valence-electron chi connectivity index (χ3n) is 4.36. The second kappa shape index (κ2) is 6.75. The molecule has 0 saturated carbocycles. The number of benzene rings is 1. The normalized spacial score (nSPS) is 13.4. The van der Waals surface area contributed by atoms with Crippen molar-refractivity contribution in [2.24, 2.45) is 0 Å². The highest BCUT2D eigenvalue weighted by Crippen LogP contribution is 2.40. The Morgan fingerprint density at radius 3 is 2.88 bits per heavy atom. The predicted molar refractivity (Wildman–Crippen MR) is 106 cm³/mol. The zero-order valence-corrected chi connectivity index (χ0v) is 16.8. The average Bonchev–Trinajstić information content (AvgIpc) is 3.36. The van der Waals surface area contributed by atoms with Gasteiger partial charge in [-0.25, -0.2) is 9.97 Å². The molecule has 0 saturated heterocycles. The highest BCUT2D eigenvalue weighted by Gasteiger charge is 2.21. The number of nitrogens with zero attached hydrogens (tertiary/aromatic N) is 4. The number of aromatic nitrogens is 4. The van der Waals surface area contributed by atoms with Crippen LogP contribution in [-0.4, -0.2) is 20.2 Å². The number of halogens is 1. The van der Waals surface area contributed by atoms with Gasteiger partial charge in [0.15, 0.2) is 0 Å². The van der Waals surface area contributed by atoms with Gasteiger partial charge in [0.2, 0.25) is 11.8 Å². The van der Waals surface area contributed by atoms with Crippen molar-refractivity contribution in [1.29, 1.82) is 0 Å². The molecule has 3 heterocycles. The van der Waals surface area contributed by atoms with E-state index in [-0.39, 0.29) is 0 Å². The summed E-state index contributed by atoms with van der Waals surface area (Å²) >= 11 is 6.87. The lowest BCUT2D eigenvalue weighted by Gasteiger charge is -2.01. The number of rotatable bonds is 4. The van der Waals surface area contributed by atoms with Gasteiger partial charge >= 0.3 is 0 Å². The number of fused-ring (bicyclic) bond motifs is 3. The van der Waals surface area contributed by atoms with Gasteiger partial charge in [0.1, 0.15) is 16.2 Å². The van der Waals surface area contributed by atoms with Crippen LogP contribution in [-0.2, 0) is 18.6 Å². The van der Waals surface area contributed by atoms with Crippen LogP contribution in [0.2, 0.25) is 0 Å². The van der Waals surface area contributed by atoms with E-state index in [0.29, 0.717) is 17.5 Å². The van der Waals surface area contributed by atoms with Gasteiger partial charge in [0, 0.05) is 20.3 Å². The number of hydrogen-bond acceptors (Lipinski definition) is 7. The summed E-state index contributed by atoms with van der Waals surface area (Å²) in [5, 5.41) is 10.6. The lowest BCUT2D eigenvalue weighted by molar-refractivity contribution is 0.528. The lowest BCUT2D eigenvalue weighted by atomic mass is 10.2. The van der Waals surface area contributed by atoms with Gasteiger partial charge in [-0.1, -0.05) is 27.7 Å². The molecule has 0 bridgehead atoms. The molecule has 0 radical (unpaired) electrons. The van der Waals surface area contributed by atoms with Crippen LogP contribution in [0.15, 0.2) is 44.5 Å². The van der Waals surface area contributed by atoms with Gasteiger partial charge in [-0.05, 0) is 49.1 Å². The molecular formula is C18H13BrN4OS2. The number of thiophene rings is 1. The van der Waals surface area contributed by atoms with Crippen LogP contribution in [0, 0.1) is 0 Å². The molecule has 0 fully saturated rings. The van der Waals surface area contributed by atoms with Crippen molar-refractivity contribution in [2.45, 2.75) is 30.0 Å². The molecule has 0 spiro atoms. The van der Waals surface area contributed by atoms with Crippen LogP contribution in [0.3, 0.4) is 0 Å². The molecule has 0 N–H and O–H groups in total. The Balaban J connectivity index is 1.39. The Bertz CT molecular complexity index is 1090. The van der Waals surface area contributed by atoms with Crippen LogP contribution in [0.4, 0.5) is 0 Å². The number of aryl methyl sites for hydroxylation is 2. The average molecular weight is 445 g/mol. The fourth-order valence-corrected chi connectivity index (χ4v) is 5.58. The molecule has 1 aliphatic carbocycles. The molecule has 1 aromatic carbocycles. The van der Waals surface area contributed by atoms with Gasteiger partial charge in [0.05, 0.1) is 5.75 Å². The van der Waals surface area contributed by atoms with Gasteiger partial charge < -0.3 is 4.42 Å². The second-order valence-electron chi connectivity index (χ2n) is 6.01. The molecule has 4 aromatic rings. The van der Waals surface area contributed by atoms with Crippen LogP contribution in [0.1, 0.15) is 22.8 Å². The minimum Gasteiger partial charge on any atom is -0.420 e. The van der Waals surface area contributed by atoms with E-state index in [1.807, 2.05) is 24.3 Å². The third kappa shape index (κ3) is 2.95. The van der Waals surface area contributed by atoms with Gasteiger partial charge in [-0.2, -0.15) is 0 Å². The number of thioether (sulfide) groups is 1. The Hall–Kier alpha value is -1.77. The van der Waals surface area contributed by atoms with E-state index in [2.05, 4.69) is 36.1 Å². The van der Waals surface area contributed by atoms with Gasteiger partial charge in [0.25, 0.3) is 0 Å². The predicted octanol–water partition coefficient (Wildman–Crippen LogP) is 5.28. The van der Waals surface area contributed by atoms with Crippen molar-refractivity contribution in [3.63, 3.8) is 0 Å². The fourth-order valence-electron chi connectivity index (χ4n) is 3.16. The minimum absolute atomic E-state index is 0.539. The number of hydrogen-bond donors (Lipinski definition) is 0. The summed E-state index contributed by atoms with van der Waals surface area (Å²) in [7, 11) is 0. The highest BCUT2D eigenvalue weighted by molar-refractivity contribution is 9.10. The molecule has 0 amide bonds. The summed E-state index contributed by atoms with van der Waals surface area (Å²) in [5.41, 5.74) is 2.35. The fraction of sp³-hybridized carbons (Fsp3) is 0.222. The Labute approximate surface area is 166 Å². The topological polar surface area (TPSA) is 64.7 Å².